The third kappa shape index (κ3) is 3.26. The zero-order valence-corrected chi connectivity index (χ0v) is 14.4. The molecular weight excluding hydrogens is 461 g/mol. The minimum Gasteiger partial charge on any atom is -0.389 e. The van der Waals surface area contributed by atoms with Crippen molar-refractivity contribution in [3.05, 3.63) is 55.6 Å². The van der Waals surface area contributed by atoms with Crippen molar-refractivity contribution in [2.75, 3.05) is 5.32 Å². The Morgan fingerprint density at radius 3 is 2.45 bits per heavy atom. The number of halogens is 4. The van der Waals surface area contributed by atoms with Gasteiger partial charge in [0.25, 0.3) is 0 Å². The van der Waals surface area contributed by atoms with Crippen LogP contribution in [-0.2, 0) is 0 Å². The number of rotatable bonds is 3. The van der Waals surface area contributed by atoms with Gasteiger partial charge in [-0.1, -0.05) is 12.2 Å². The van der Waals surface area contributed by atoms with Crippen molar-refractivity contribution >= 4 is 67.1 Å². The van der Waals surface area contributed by atoms with Crippen molar-refractivity contribution in [2.45, 2.75) is 0 Å². The monoisotopic (exact) mass is 468 g/mol. The molecule has 0 bridgehead atoms. The van der Waals surface area contributed by atoms with Crippen molar-refractivity contribution in [3.8, 4) is 0 Å². The molecule has 20 heavy (non-hydrogen) atoms. The van der Waals surface area contributed by atoms with Crippen molar-refractivity contribution in [2.24, 2.45) is 5.73 Å². The van der Waals surface area contributed by atoms with Crippen LogP contribution >= 0.6 is 50.7 Å². The van der Waals surface area contributed by atoms with Crippen molar-refractivity contribution < 1.29 is 8.78 Å². The lowest BCUT2D eigenvalue weighted by Gasteiger charge is -2.12. The topological polar surface area (TPSA) is 38.0 Å². The maximum Gasteiger partial charge on any atom is 0.161 e. The predicted octanol–water partition coefficient (Wildman–Crippen LogP) is 4.71. The first kappa shape index (κ1) is 15.6. The van der Waals surface area contributed by atoms with Gasteiger partial charge >= 0.3 is 0 Å². The van der Waals surface area contributed by atoms with Gasteiger partial charge in [-0.05, 0) is 68.9 Å². The average molecular weight is 469 g/mol. The molecule has 0 spiro atoms. The van der Waals surface area contributed by atoms with E-state index in [-0.39, 0.29) is 21.0 Å². The van der Waals surface area contributed by atoms with E-state index < -0.39 is 5.82 Å². The average Bonchev–Trinajstić information content (AvgIpc) is 2.37. The fourth-order valence-electron chi connectivity index (χ4n) is 1.57. The molecule has 0 atom stereocenters. The SMILES string of the molecule is NC(=S)c1ccc(Nc2ccc(F)cc2I)c(F)c1Br. The fourth-order valence-corrected chi connectivity index (χ4v) is 3.05. The molecule has 2 rings (SSSR count). The van der Waals surface area contributed by atoms with Gasteiger partial charge in [0.05, 0.1) is 15.8 Å². The number of nitrogens with two attached hydrogens (primary N) is 1. The minimum atomic E-state index is -0.504. The maximum absolute atomic E-state index is 14.2. The molecule has 0 radical (unpaired) electrons. The normalized spacial score (nSPS) is 10.4. The highest BCUT2D eigenvalue weighted by atomic mass is 127. The Hall–Kier alpha value is -0.800. The van der Waals surface area contributed by atoms with Gasteiger partial charge in [0.1, 0.15) is 10.8 Å². The molecular formula is C13H8BrF2IN2S. The highest BCUT2D eigenvalue weighted by Crippen LogP contribution is 2.30. The van der Waals surface area contributed by atoms with E-state index in [9.17, 15) is 8.78 Å². The summed E-state index contributed by atoms with van der Waals surface area (Å²) in [5.74, 6) is -0.846. The number of benzene rings is 2. The molecule has 2 nitrogen and oxygen atoms in total. The first-order valence-corrected chi connectivity index (χ1v) is 7.68. The second-order valence-corrected chi connectivity index (χ2v) is 6.30. The molecule has 0 fully saturated rings. The number of thiocarbonyl (C=S) groups is 1. The second kappa shape index (κ2) is 6.31. The van der Waals surface area contributed by atoms with Crippen LogP contribution < -0.4 is 11.1 Å². The molecule has 0 aliphatic rings. The number of hydrogen-bond donors (Lipinski definition) is 2. The fraction of sp³-hybridized carbons (Fsp3) is 0. The standard InChI is InChI=1S/C13H8BrF2IN2S/c14-11-7(13(18)20)2-4-10(12(11)16)19-9-3-1-6(15)5-8(9)17/h1-5,19H,(H2,18,20). The lowest BCUT2D eigenvalue weighted by molar-refractivity contribution is 0.624. The molecule has 2 aromatic carbocycles. The Kier molecular flexibility index (Phi) is 4.92. The summed E-state index contributed by atoms with van der Waals surface area (Å²) in [4.78, 5) is 0.110. The van der Waals surface area contributed by atoms with E-state index in [4.69, 9.17) is 18.0 Å². The number of anilines is 2. The lowest BCUT2D eigenvalue weighted by atomic mass is 10.2. The molecule has 0 saturated heterocycles. The van der Waals surface area contributed by atoms with E-state index in [1.54, 1.807) is 12.1 Å². The zero-order valence-electron chi connectivity index (χ0n) is 9.88. The van der Waals surface area contributed by atoms with Crippen molar-refractivity contribution in [1.29, 1.82) is 0 Å². The Labute approximate surface area is 142 Å². The molecule has 0 aliphatic heterocycles. The van der Waals surface area contributed by atoms with Gasteiger partial charge in [-0.15, -0.1) is 0 Å². The highest BCUT2D eigenvalue weighted by molar-refractivity contribution is 14.1. The van der Waals surface area contributed by atoms with E-state index in [0.717, 1.165) is 0 Å². The van der Waals surface area contributed by atoms with Crippen LogP contribution in [0.4, 0.5) is 20.2 Å². The van der Waals surface area contributed by atoms with E-state index in [0.29, 0.717) is 14.8 Å². The van der Waals surface area contributed by atoms with Gasteiger partial charge in [-0.2, -0.15) is 0 Å². The maximum atomic E-state index is 14.2. The summed E-state index contributed by atoms with van der Waals surface area (Å²) >= 11 is 9.94. The summed E-state index contributed by atoms with van der Waals surface area (Å²) < 4.78 is 28.1. The number of hydrogen-bond acceptors (Lipinski definition) is 2. The van der Waals surface area contributed by atoms with Crippen LogP contribution in [0.3, 0.4) is 0 Å². The van der Waals surface area contributed by atoms with Crippen LogP contribution in [0, 0.1) is 15.2 Å². The molecule has 3 N–H and O–H groups in total. The minimum absolute atomic E-state index is 0.110. The van der Waals surface area contributed by atoms with E-state index >= 15 is 0 Å². The quantitative estimate of drug-likeness (QED) is 0.506. The van der Waals surface area contributed by atoms with Crippen LogP contribution in [0.1, 0.15) is 5.56 Å². The molecule has 0 unspecified atom stereocenters. The smallest absolute Gasteiger partial charge is 0.161 e. The molecule has 0 heterocycles. The summed E-state index contributed by atoms with van der Waals surface area (Å²) in [6.07, 6.45) is 0. The van der Waals surface area contributed by atoms with Crippen molar-refractivity contribution in [3.63, 3.8) is 0 Å². The van der Waals surface area contributed by atoms with E-state index in [2.05, 4.69) is 21.2 Å². The summed E-state index contributed by atoms with van der Waals surface area (Å²) in [6.45, 7) is 0. The van der Waals surface area contributed by atoms with Crippen molar-refractivity contribution in [1.82, 2.24) is 0 Å². The third-order valence-electron chi connectivity index (χ3n) is 2.55. The van der Waals surface area contributed by atoms with Crippen LogP contribution in [0.15, 0.2) is 34.8 Å². The summed E-state index contributed by atoms with van der Waals surface area (Å²) in [5, 5.41) is 2.91. The Morgan fingerprint density at radius 1 is 1.20 bits per heavy atom. The Bertz CT molecular complexity index is 694. The van der Waals surface area contributed by atoms with Gasteiger partial charge in [-0.25, -0.2) is 8.78 Å². The highest BCUT2D eigenvalue weighted by Gasteiger charge is 2.13. The molecule has 104 valence electrons. The van der Waals surface area contributed by atoms with Crippen LogP contribution in [0.5, 0.6) is 0 Å². The van der Waals surface area contributed by atoms with Gasteiger partial charge in [-0.3, -0.25) is 0 Å². The van der Waals surface area contributed by atoms with Crippen LogP contribution in [0.2, 0.25) is 0 Å². The molecule has 7 heteroatoms. The molecule has 2 aromatic rings. The third-order valence-corrected chi connectivity index (χ3v) is 4.44. The van der Waals surface area contributed by atoms with E-state index in [1.807, 2.05) is 22.6 Å². The molecule has 0 aromatic heterocycles. The van der Waals surface area contributed by atoms with E-state index in [1.165, 1.54) is 18.2 Å². The van der Waals surface area contributed by atoms with Crippen LogP contribution in [0.25, 0.3) is 0 Å². The van der Waals surface area contributed by atoms with Crippen LogP contribution in [-0.4, -0.2) is 4.99 Å². The van der Waals surface area contributed by atoms with Gasteiger partial charge < -0.3 is 11.1 Å². The first-order valence-electron chi connectivity index (χ1n) is 5.40. The van der Waals surface area contributed by atoms with Gasteiger partial charge in [0, 0.05) is 9.13 Å². The summed E-state index contributed by atoms with van der Waals surface area (Å²) in [5.41, 5.74) is 6.79. The van der Waals surface area contributed by atoms with Gasteiger partial charge in [0.15, 0.2) is 5.82 Å². The van der Waals surface area contributed by atoms with Gasteiger partial charge in [0.2, 0.25) is 0 Å². The summed E-state index contributed by atoms with van der Waals surface area (Å²) in [7, 11) is 0. The Balaban J connectivity index is 2.39. The molecule has 0 aliphatic carbocycles. The second-order valence-electron chi connectivity index (χ2n) is 3.90. The zero-order chi connectivity index (χ0) is 14.9. The largest absolute Gasteiger partial charge is 0.389 e. The number of nitrogens with one attached hydrogen (secondary N) is 1. The lowest BCUT2D eigenvalue weighted by Crippen LogP contribution is -2.11. The molecule has 0 amide bonds. The Morgan fingerprint density at radius 2 is 1.85 bits per heavy atom. The predicted molar refractivity (Wildman–Crippen MR) is 92.4 cm³/mol. The first-order chi connectivity index (χ1) is 9.40. The molecule has 0 saturated carbocycles. The summed E-state index contributed by atoms with van der Waals surface area (Å²) in [6, 6.07) is 7.37.